The number of methoxy groups -OCH3 is 3. The van der Waals surface area contributed by atoms with Crippen molar-refractivity contribution in [1.82, 2.24) is 0 Å². The van der Waals surface area contributed by atoms with Crippen LogP contribution in [0.2, 0.25) is 0 Å². The predicted octanol–water partition coefficient (Wildman–Crippen LogP) is 2.03. The number of benzene rings is 2. The number of carbonyl (C=O) groups excluding carboxylic acids is 1. The molecule has 0 saturated heterocycles. The van der Waals surface area contributed by atoms with Gasteiger partial charge in [-0.1, -0.05) is 0 Å². The molecule has 0 heterocycles. The van der Waals surface area contributed by atoms with Crippen LogP contribution in [0.3, 0.4) is 0 Å². The van der Waals surface area contributed by atoms with Gasteiger partial charge in [-0.05, 0) is 0 Å². The number of hydrogen-bond donors (Lipinski definition) is 0. The molecule has 1 unspecified atom stereocenters. The van der Waals surface area contributed by atoms with Crippen LogP contribution in [0, 0.1) is 11.6 Å². The fraction of sp³-hybridized carbons (Fsp3) is 0.235. The van der Waals surface area contributed by atoms with E-state index in [1.54, 1.807) is 0 Å². The van der Waals surface area contributed by atoms with Crippen molar-refractivity contribution in [2.45, 2.75) is 5.21 Å². The monoisotopic (exact) mass is 398 g/mol. The van der Waals surface area contributed by atoms with Crippen molar-refractivity contribution in [2.75, 3.05) is 21.3 Å². The summed E-state index contributed by atoms with van der Waals surface area (Å²) >= 11 is -1.19. The standard InChI is InChI=1S/C17H17AsF2O4/c1-22-15-11(17(21)24-3)16(23-2)14(20)12(13(15)19)18-9-10-7-5-4-6-8-10/h4-8,18H,9H2,1-3H3. The summed E-state index contributed by atoms with van der Waals surface area (Å²) in [4.78, 5) is 11.9. The van der Waals surface area contributed by atoms with Gasteiger partial charge >= 0.3 is 145 Å². The summed E-state index contributed by atoms with van der Waals surface area (Å²) in [6.45, 7) is 0. The quantitative estimate of drug-likeness (QED) is 0.552. The van der Waals surface area contributed by atoms with Crippen molar-refractivity contribution in [3.8, 4) is 11.5 Å². The summed E-state index contributed by atoms with van der Waals surface area (Å²) in [5.41, 5.74) is 0.610. The van der Waals surface area contributed by atoms with E-state index < -0.39 is 33.4 Å². The van der Waals surface area contributed by atoms with Gasteiger partial charge in [-0.25, -0.2) is 0 Å². The molecule has 2 aromatic carbocycles. The molecule has 0 radical (unpaired) electrons. The maximum atomic E-state index is 14.7. The van der Waals surface area contributed by atoms with Crippen molar-refractivity contribution in [3.05, 3.63) is 53.1 Å². The van der Waals surface area contributed by atoms with Crippen molar-refractivity contribution in [2.24, 2.45) is 0 Å². The molecule has 0 saturated carbocycles. The molecule has 2 rings (SSSR count). The molecule has 0 spiro atoms. The number of ether oxygens (including phenoxy) is 3. The molecular formula is C17H17AsF2O4. The molecule has 128 valence electrons. The molecule has 0 fully saturated rings. The van der Waals surface area contributed by atoms with Gasteiger partial charge in [0.15, 0.2) is 0 Å². The molecule has 4 nitrogen and oxygen atoms in total. The van der Waals surface area contributed by atoms with Crippen LogP contribution >= 0.6 is 0 Å². The first kappa shape index (κ1) is 18.3. The van der Waals surface area contributed by atoms with E-state index in [0.29, 0.717) is 5.21 Å². The van der Waals surface area contributed by atoms with Gasteiger partial charge in [0.05, 0.1) is 0 Å². The molecule has 24 heavy (non-hydrogen) atoms. The second-order valence-electron chi connectivity index (χ2n) is 4.78. The van der Waals surface area contributed by atoms with Crippen molar-refractivity contribution in [3.63, 3.8) is 0 Å². The van der Waals surface area contributed by atoms with Gasteiger partial charge in [0, 0.05) is 0 Å². The van der Waals surface area contributed by atoms with E-state index in [1.165, 1.54) is 14.2 Å². The summed E-state index contributed by atoms with van der Waals surface area (Å²) in [6.07, 6.45) is 0. The predicted molar refractivity (Wildman–Crippen MR) is 87.7 cm³/mol. The molecule has 2 aromatic rings. The Kier molecular flexibility index (Phi) is 6.21. The number of hydrogen-bond acceptors (Lipinski definition) is 4. The number of halogens is 2. The molecule has 0 aliphatic carbocycles. The fourth-order valence-corrected chi connectivity index (χ4v) is 4.68. The van der Waals surface area contributed by atoms with Crippen LogP contribution in [0.4, 0.5) is 8.78 Å². The Hall–Kier alpha value is -2.07. The average molecular weight is 398 g/mol. The number of carbonyl (C=O) groups is 1. The van der Waals surface area contributed by atoms with Gasteiger partial charge in [0.2, 0.25) is 0 Å². The molecule has 0 amide bonds. The second kappa shape index (κ2) is 8.15. The van der Waals surface area contributed by atoms with E-state index in [9.17, 15) is 13.6 Å². The Bertz CT molecular complexity index is 704. The molecule has 0 aliphatic rings. The van der Waals surface area contributed by atoms with Crippen LogP contribution in [0.5, 0.6) is 11.5 Å². The van der Waals surface area contributed by atoms with Crippen molar-refractivity contribution < 1.29 is 27.8 Å². The SMILES string of the molecule is COC(=O)c1c(OC)c(F)c([AsH]Cc2ccccc2)c(F)c1OC. The Morgan fingerprint density at radius 1 is 1.00 bits per heavy atom. The summed E-state index contributed by atoms with van der Waals surface area (Å²) in [7, 11) is 3.54. The minimum absolute atomic E-state index is 0.0693. The van der Waals surface area contributed by atoms with E-state index in [0.717, 1.165) is 12.7 Å². The van der Waals surface area contributed by atoms with Crippen molar-refractivity contribution >= 4 is 26.1 Å². The van der Waals surface area contributed by atoms with Gasteiger partial charge in [0.25, 0.3) is 0 Å². The van der Waals surface area contributed by atoms with Crippen LogP contribution in [0.15, 0.2) is 30.3 Å². The summed E-state index contributed by atoms with van der Waals surface area (Å²) < 4.78 is 43.9. The third-order valence-corrected chi connectivity index (χ3v) is 6.29. The van der Waals surface area contributed by atoms with E-state index in [2.05, 4.69) is 4.74 Å². The normalized spacial score (nSPS) is 10.9. The van der Waals surface area contributed by atoms with Crippen LogP contribution in [0.25, 0.3) is 0 Å². The van der Waals surface area contributed by atoms with E-state index in [-0.39, 0.29) is 21.4 Å². The molecule has 0 N–H and O–H groups in total. The Balaban J connectivity index is 2.50. The zero-order valence-corrected chi connectivity index (χ0v) is 15.6. The van der Waals surface area contributed by atoms with Crippen LogP contribution < -0.4 is 13.8 Å². The summed E-state index contributed by atoms with van der Waals surface area (Å²) in [5, 5.41) is 0.554. The summed E-state index contributed by atoms with van der Waals surface area (Å²) in [5.74, 6) is -3.37. The van der Waals surface area contributed by atoms with E-state index >= 15 is 0 Å². The van der Waals surface area contributed by atoms with Crippen LogP contribution in [-0.4, -0.2) is 43.1 Å². The first-order chi connectivity index (χ1) is 11.5. The maximum absolute atomic E-state index is 14.7. The minimum atomic E-state index is -1.19. The number of esters is 1. The van der Waals surface area contributed by atoms with Gasteiger partial charge in [-0.3, -0.25) is 0 Å². The van der Waals surface area contributed by atoms with Crippen LogP contribution in [-0.2, 0) is 9.95 Å². The molecule has 0 aromatic heterocycles. The topological polar surface area (TPSA) is 44.8 Å². The number of rotatable bonds is 6. The van der Waals surface area contributed by atoms with E-state index in [1.807, 2.05) is 30.3 Å². The van der Waals surface area contributed by atoms with Gasteiger partial charge in [-0.2, -0.15) is 0 Å². The van der Waals surface area contributed by atoms with E-state index in [4.69, 9.17) is 9.47 Å². The Labute approximate surface area is 145 Å². The average Bonchev–Trinajstić information content (AvgIpc) is 2.61. The summed E-state index contributed by atoms with van der Waals surface area (Å²) in [6, 6.07) is 9.42. The zero-order chi connectivity index (χ0) is 17.7. The van der Waals surface area contributed by atoms with Crippen LogP contribution in [0.1, 0.15) is 15.9 Å². The van der Waals surface area contributed by atoms with Gasteiger partial charge < -0.3 is 0 Å². The Morgan fingerprint density at radius 2 is 1.54 bits per heavy atom. The molecular weight excluding hydrogens is 381 g/mol. The molecule has 1 atom stereocenters. The first-order valence-corrected chi connectivity index (χ1v) is 9.57. The third-order valence-electron chi connectivity index (χ3n) is 3.40. The molecule has 0 aliphatic heterocycles. The first-order valence-electron chi connectivity index (χ1n) is 7.04. The fourth-order valence-electron chi connectivity index (χ4n) is 2.26. The molecule has 7 heteroatoms. The Morgan fingerprint density at radius 3 is 2.00 bits per heavy atom. The molecule has 0 bridgehead atoms. The van der Waals surface area contributed by atoms with Gasteiger partial charge in [0.1, 0.15) is 0 Å². The zero-order valence-electron chi connectivity index (χ0n) is 13.5. The third kappa shape index (κ3) is 3.54. The second-order valence-corrected chi connectivity index (χ2v) is 7.31. The van der Waals surface area contributed by atoms with Crippen molar-refractivity contribution in [1.29, 1.82) is 0 Å². The van der Waals surface area contributed by atoms with Gasteiger partial charge in [-0.15, -0.1) is 0 Å².